The van der Waals surface area contributed by atoms with Crippen LogP contribution in [-0.2, 0) is 11.3 Å². The molecule has 0 fully saturated rings. The Kier molecular flexibility index (Phi) is 8.59. The fourth-order valence-corrected chi connectivity index (χ4v) is 1.40. The van der Waals surface area contributed by atoms with Crippen molar-refractivity contribution in [1.29, 1.82) is 0 Å². The number of hydrogen-bond donors (Lipinski definition) is 0. The molecule has 0 aliphatic carbocycles. The van der Waals surface area contributed by atoms with E-state index in [-0.39, 0.29) is 0 Å². The molecule has 6 heteroatoms. The standard InChI is InChI=1S/C12H20N.C2HF3O2/c1-3-4-5-6-9-13-10-7-12(2)8-11-13;3-2(4,5)1(6)7/h7-8,10-11H,3-6,9H2,1-2H3;(H,6,7)/q+1;/p-1. The summed E-state index contributed by atoms with van der Waals surface area (Å²) in [7, 11) is 0. The summed E-state index contributed by atoms with van der Waals surface area (Å²) in [5, 5.41) is 8.78. The number of carbonyl (C=O) groups excluding carboxylic acids is 1. The first-order chi connectivity index (χ1) is 9.27. The van der Waals surface area contributed by atoms with Crippen molar-refractivity contribution >= 4 is 5.97 Å². The first kappa shape index (κ1) is 18.4. The average molecular weight is 291 g/mol. The Labute approximate surface area is 117 Å². The summed E-state index contributed by atoms with van der Waals surface area (Å²) >= 11 is 0. The van der Waals surface area contributed by atoms with Gasteiger partial charge >= 0.3 is 6.18 Å². The van der Waals surface area contributed by atoms with Crippen LogP contribution in [0.4, 0.5) is 13.2 Å². The molecule has 1 rings (SSSR count). The number of aromatic nitrogens is 1. The Morgan fingerprint density at radius 1 is 1.20 bits per heavy atom. The van der Waals surface area contributed by atoms with Gasteiger partial charge in [0.25, 0.3) is 0 Å². The van der Waals surface area contributed by atoms with E-state index in [1.54, 1.807) is 0 Å². The molecule has 0 aromatic carbocycles. The Balaban J connectivity index is 0.000000441. The van der Waals surface area contributed by atoms with Gasteiger partial charge < -0.3 is 9.90 Å². The molecule has 0 atom stereocenters. The first-order valence-corrected chi connectivity index (χ1v) is 6.51. The van der Waals surface area contributed by atoms with E-state index < -0.39 is 12.1 Å². The quantitative estimate of drug-likeness (QED) is 0.616. The lowest BCUT2D eigenvalue weighted by Crippen LogP contribution is -2.37. The van der Waals surface area contributed by atoms with E-state index >= 15 is 0 Å². The van der Waals surface area contributed by atoms with Crippen molar-refractivity contribution in [2.75, 3.05) is 0 Å². The van der Waals surface area contributed by atoms with Crippen LogP contribution in [0.1, 0.15) is 38.2 Å². The number of pyridine rings is 1. The van der Waals surface area contributed by atoms with Gasteiger partial charge in [-0.15, -0.1) is 0 Å². The van der Waals surface area contributed by atoms with E-state index in [2.05, 4.69) is 42.9 Å². The summed E-state index contributed by atoms with van der Waals surface area (Å²) in [4.78, 5) is 8.78. The lowest BCUT2D eigenvalue weighted by Gasteiger charge is -2.03. The van der Waals surface area contributed by atoms with Crippen LogP contribution in [0.2, 0.25) is 0 Å². The second-order valence-electron chi connectivity index (χ2n) is 4.46. The summed E-state index contributed by atoms with van der Waals surface area (Å²) in [6, 6.07) is 4.33. The predicted octanol–water partition coefficient (Wildman–Crippen LogP) is 2.16. The lowest BCUT2D eigenvalue weighted by molar-refractivity contribution is -0.697. The second-order valence-corrected chi connectivity index (χ2v) is 4.46. The van der Waals surface area contributed by atoms with Crippen molar-refractivity contribution in [2.45, 2.75) is 52.3 Å². The molecule has 0 N–H and O–H groups in total. The van der Waals surface area contributed by atoms with E-state index in [1.165, 1.54) is 37.8 Å². The van der Waals surface area contributed by atoms with Crippen molar-refractivity contribution < 1.29 is 27.6 Å². The molecule has 0 spiro atoms. The highest BCUT2D eigenvalue weighted by Crippen LogP contribution is 2.11. The van der Waals surface area contributed by atoms with Gasteiger partial charge in [0.2, 0.25) is 0 Å². The maximum Gasteiger partial charge on any atom is 0.430 e. The molecule has 0 bridgehead atoms. The third-order valence-corrected chi connectivity index (χ3v) is 2.56. The molecule has 0 saturated heterocycles. The molecule has 1 aromatic rings. The fourth-order valence-electron chi connectivity index (χ4n) is 1.40. The van der Waals surface area contributed by atoms with Gasteiger partial charge in [-0.3, -0.25) is 0 Å². The summed E-state index contributed by atoms with van der Waals surface area (Å²) < 4.78 is 33.8. The molecule has 3 nitrogen and oxygen atoms in total. The number of unbranched alkanes of at least 4 members (excludes halogenated alkanes) is 3. The minimum absolute atomic E-state index is 1.17. The van der Waals surface area contributed by atoms with E-state index in [9.17, 15) is 13.2 Å². The van der Waals surface area contributed by atoms with Gasteiger partial charge in [0.05, 0.1) is 0 Å². The van der Waals surface area contributed by atoms with Crippen molar-refractivity contribution in [3.8, 4) is 0 Å². The van der Waals surface area contributed by atoms with Crippen LogP contribution in [0.25, 0.3) is 0 Å². The van der Waals surface area contributed by atoms with Crippen molar-refractivity contribution in [1.82, 2.24) is 0 Å². The van der Waals surface area contributed by atoms with Crippen LogP contribution in [0, 0.1) is 6.92 Å². The number of aliphatic carboxylic acids is 1. The molecule has 0 saturated carbocycles. The molecule has 1 heterocycles. The van der Waals surface area contributed by atoms with Crippen molar-refractivity contribution in [3.63, 3.8) is 0 Å². The second kappa shape index (κ2) is 9.34. The number of carbonyl (C=O) groups is 1. The Hall–Kier alpha value is -1.59. The first-order valence-electron chi connectivity index (χ1n) is 6.51. The largest absolute Gasteiger partial charge is 0.542 e. The normalized spacial score (nSPS) is 10.7. The third kappa shape index (κ3) is 9.35. The monoisotopic (exact) mass is 291 g/mol. The molecular weight excluding hydrogens is 271 g/mol. The third-order valence-electron chi connectivity index (χ3n) is 2.56. The van der Waals surface area contributed by atoms with Crippen molar-refractivity contribution in [3.05, 3.63) is 30.1 Å². The maximum atomic E-state index is 10.5. The van der Waals surface area contributed by atoms with Gasteiger partial charge in [-0.05, 0) is 18.9 Å². The van der Waals surface area contributed by atoms with Crippen LogP contribution < -0.4 is 9.67 Å². The van der Waals surface area contributed by atoms with Gasteiger partial charge in [-0.2, -0.15) is 13.2 Å². The number of rotatable bonds is 5. The average Bonchev–Trinajstić information content (AvgIpc) is 2.36. The smallest absolute Gasteiger partial charge is 0.430 e. The molecular formula is C14H20F3NO2. The van der Waals surface area contributed by atoms with Crippen LogP contribution in [0.15, 0.2) is 24.5 Å². The van der Waals surface area contributed by atoms with Gasteiger partial charge in [-0.1, -0.05) is 19.8 Å². The zero-order chi connectivity index (χ0) is 15.6. The molecule has 1 aromatic heterocycles. The van der Waals surface area contributed by atoms with E-state index in [4.69, 9.17) is 9.90 Å². The summed E-state index contributed by atoms with van der Waals surface area (Å²) in [5.74, 6) is -3.01. The van der Waals surface area contributed by atoms with Crippen LogP contribution in [0.3, 0.4) is 0 Å². The number of alkyl halides is 3. The molecule has 0 aliphatic rings. The van der Waals surface area contributed by atoms with Crippen LogP contribution >= 0.6 is 0 Å². The molecule has 114 valence electrons. The number of halogens is 3. The fraction of sp³-hybridized carbons (Fsp3) is 0.571. The minimum Gasteiger partial charge on any atom is -0.542 e. The van der Waals surface area contributed by atoms with Gasteiger partial charge in [0.1, 0.15) is 12.5 Å². The number of aryl methyl sites for hydroxylation is 2. The molecule has 0 amide bonds. The zero-order valence-electron chi connectivity index (χ0n) is 11.7. The molecule has 0 radical (unpaired) electrons. The van der Waals surface area contributed by atoms with Gasteiger partial charge in [-0.25, -0.2) is 4.57 Å². The lowest BCUT2D eigenvalue weighted by atomic mass is 10.2. The van der Waals surface area contributed by atoms with E-state index in [1.807, 2.05) is 0 Å². The van der Waals surface area contributed by atoms with E-state index in [0.717, 1.165) is 0 Å². The Bertz CT molecular complexity index is 388. The highest BCUT2D eigenvalue weighted by atomic mass is 19.4. The summed E-state index contributed by atoms with van der Waals surface area (Å²) in [6.45, 7) is 5.54. The van der Waals surface area contributed by atoms with Crippen molar-refractivity contribution in [2.24, 2.45) is 0 Å². The number of carboxylic acid groups (broad SMARTS) is 1. The minimum atomic E-state index is -5.19. The summed E-state index contributed by atoms with van der Waals surface area (Å²) in [6.07, 6.45) is 4.49. The molecule has 0 unspecified atom stereocenters. The zero-order valence-corrected chi connectivity index (χ0v) is 11.7. The Morgan fingerprint density at radius 2 is 1.70 bits per heavy atom. The van der Waals surface area contributed by atoms with Gasteiger partial charge in [0.15, 0.2) is 12.4 Å². The highest BCUT2D eigenvalue weighted by molar-refractivity contribution is 5.70. The van der Waals surface area contributed by atoms with E-state index in [0.29, 0.717) is 0 Å². The number of hydrogen-bond acceptors (Lipinski definition) is 2. The molecule has 20 heavy (non-hydrogen) atoms. The molecule has 0 aliphatic heterocycles. The summed E-state index contributed by atoms with van der Waals surface area (Å²) in [5.41, 5.74) is 1.34. The number of carboxylic acids is 1. The Morgan fingerprint density at radius 3 is 2.10 bits per heavy atom. The predicted molar refractivity (Wildman–Crippen MR) is 66.6 cm³/mol. The maximum absolute atomic E-state index is 10.5. The van der Waals surface area contributed by atoms with Crippen LogP contribution in [-0.4, -0.2) is 12.1 Å². The van der Waals surface area contributed by atoms with Gasteiger partial charge in [0, 0.05) is 18.6 Å². The SMILES string of the molecule is CCCCCC[n+]1ccc(C)cc1.O=C([O-])C(F)(F)F. The number of nitrogens with zero attached hydrogens (tertiary/aromatic N) is 1. The van der Waals surface area contributed by atoms with Crippen LogP contribution in [0.5, 0.6) is 0 Å². The topological polar surface area (TPSA) is 44.0 Å². The highest BCUT2D eigenvalue weighted by Gasteiger charge is 2.28.